The molecule has 1 nitrogen and oxygen atoms in total. The number of hydrogen-bond donors (Lipinski definition) is 1. The normalized spacial score (nSPS) is 11.8. The molecule has 1 aromatic carbocycles. The van der Waals surface area contributed by atoms with Crippen LogP contribution in [0, 0.1) is 12.7 Å². The zero-order chi connectivity index (χ0) is 10.1. The van der Waals surface area contributed by atoms with E-state index in [-0.39, 0.29) is 11.4 Å². The number of aryl methyl sites for hydroxylation is 1. The molecule has 0 aliphatic heterocycles. The minimum absolute atomic E-state index is 0.139. The first-order chi connectivity index (χ1) is 5.97. The monoisotopic (exact) mass is 181 g/mol. The van der Waals surface area contributed by atoms with Gasteiger partial charge in [0.25, 0.3) is 0 Å². The average molecular weight is 181 g/mol. The lowest BCUT2D eigenvalue weighted by Crippen LogP contribution is -2.34. The van der Waals surface area contributed by atoms with Gasteiger partial charge >= 0.3 is 0 Å². The van der Waals surface area contributed by atoms with Crippen molar-refractivity contribution < 1.29 is 4.39 Å². The summed E-state index contributed by atoms with van der Waals surface area (Å²) in [6.07, 6.45) is 0. The Labute approximate surface area is 79.0 Å². The Hall–Kier alpha value is -0.890. The van der Waals surface area contributed by atoms with Crippen molar-refractivity contribution in [3.05, 3.63) is 35.1 Å². The molecular formula is C11H16FN. The number of benzene rings is 1. The molecule has 0 saturated carbocycles. The molecule has 2 heteroatoms. The van der Waals surface area contributed by atoms with Crippen molar-refractivity contribution in [2.75, 3.05) is 7.05 Å². The molecule has 0 fully saturated rings. The topological polar surface area (TPSA) is 12.0 Å². The van der Waals surface area contributed by atoms with E-state index in [0.717, 1.165) is 5.56 Å². The summed E-state index contributed by atoms with van der Waals surface area (Å²) in [7, 11) is 1.83. The lowest BCUT2D eigenvalue weighted by molar-refractivity contribution is 0.419. The highest BCUT2D eigenvalue weighted by atomic mass is 19.1. The van der Waals surface area contributed by atoms with Gasteiger partial charge < -0.3 is 5.32 Å². The van der Waals surface area contributed by atoms with Crippen molar-refractivity contribution >= 4 is 0 Å². The third-order valence-corrected chi connectivity index (χ3v) is 2.42. The SMILES string of the molecule is CNC(C)(C)c1ccc(C)cc1F. The Morgan fingerprint density at radius 1 is 1.31 bits per heavy atom. The summed E-state index contributed by atoms with van der Waals surface area (Å²) in [4.78, 5) is 0. The van der Waals surface area contributed by atoms with Crippen LogP contribution in [0.1, 0.15) is 25.0 Å². The molecule has 0 amide bonds. The minimum atomic E-state index is -0.308. The van der Waals surface area contributed by atoms with Gasteiger partial charge in [0.05, 0.1) is 0 Å². The second kappa shape index (κ2) is 3.46. The van der Waals surface area contributed by atoms with E-state index in [9.17, 15) is 4.39 Å². The molecule has 13 heavy (non-hydrogen) atoms. The molecule has 1 aromatic rings. The van der Waals surface area contributed by atoms with Gasteiger partial charge in [-0.1, -0.05) is 12.1 Å². The second-order valence-electron chi connectivity index (χ2n) is 3.86. The maximum absolute atomic E-state index is 13.5. The summed E-state index contributed by atoms with van der Waals surface area (Å²) in [6.45, 7) is 5.81. The lowest BCUT2D eigenvalue weighted by Gasteiger charge is -2.25. The Kier molecular flexibility index (Phi) is 2.71. The Balaban J connectivity index is 3.16. The number of nitrogens with one attached hydrogen (secondary N) is 1. The molecule has 0 saturated heterocycles. The molecular weight excluding hydrogens is 165 g/mol. The zero-order valence-corrected chi connectivity index (χ0v) is 8.61. The van der Waals surface area contributed by atoms with Crippen molar-refractivity contribution in [1.29, 1.82) is 0 Å². The van der Waals surface area contributed by atoms with Crippen LogP contribution in [0.15, 0.2) is 18.2 Å². The Bertz CT molecular complexity index is 305. The van der Waals surface area contributed by atoms with Crippen LogP contribution in [0.2, 0.25) is 0 Å². The van der Waals surface area contributed by atoms with Crippen LogP contribution in [0.25, 0.3) is 0 Å². The van der Waals surface area contributed by atoms with E-state index in [1.54, 1.807) is 6.07 Å². The maximum Gasteiger partial charge on any atom is 0.128 e. The molecule has 72 valence electrons. The fraction of sp³-hybridized carbons (Fsp3) is 0.455. The van der Waals surface area contributed by atoms with E-state index in [1.807, 2.05) is 40.0 Å². The molecule has 0 heterocycles. The average Bonchev–Trinajstić information content (AvgIpc) is 2.03. The molecule has 0 aromatic heterocycles. The maximum atomic E-state index is 13.5. The van der Waals surface area contributed by atoms with Crippen LogP contribution < -0.4 is 5.32 Å². The van der Waals surface area contributed by atoms with Gasteiger partial charge in [-0.05, 0) is 39.4 Å². The molecule has 0 radical (unpaired) electrons. The smallest absolute Gasteiger partial charge is 0.128 e. The largest absolute Gasteiger partial charge is 0.311 e. The Morgan fingerprint density at radius 2 is 1.92 bits per heavy atom. The van der Waals surface area contributed by atoms with Crippen LogP contribution in [0.4, 0.5) is 4.39 Å². The fourth-order valence-corrected chi connectivity index (χ4v) is 1.26. The van der Waals surface area contributed by atoms with Gasteiger partial charge in [-0.2, -0.15) is 0 Å². The third kappa shape index (κ3) is 2.07. The highest BCUT2D eigenvalue weighted by Crippen LogP contribution is 2.22. The summed E-state index contributed by atoms with van der Waals surface area (Å²) in [6, 6.07) is 5.33. The predicted octanol–water partition coefficient (Wildman–Crippen LogP) is 2.59. The molecule has 0 aliphatic carbocycles. The van der Waals surface area contributed by atoms with Crippen LogP contribution in [-0.4, -0.2) is 7.05 Å². The number of rotatable bonds is 2. The quantitative estimate of drug-likeness (QED) is 0.739. The highest BCUT2D eigenvalue weighted by Gasteiger charge is 2.21. The number of hydrogen-bond acceptors (Lipinski definition) is 1. The standard InChI is InChI=1S/C11H16FN/c1-8-5-6-9(10(12)7-8)11(2,3)13-4/h5-7,13H,1-4H3. The zero-order valence-electron chi connectivity index (χ0n) is 8.61. The summed E-state index contributed by atoms with van der Waals surface area (Å²) >= 11 is 0. The first-order valence-electron chi connectivity index (χ1n) is 4.43. The van der Waals surface area contributed by atoms with Crippen molar-refractivity contribution in [2.24, 2.45) is 0 Å². The molecule has 0 bridgehead atoms. The predicted molar refractivity (Wildman–Crippen MR) is 53.2 cm³/mol. The second-order valence-corrected chi connectivity index (χ2v) is 3.86. The first-order valence-corrected chi connectivity index (χ1v) is 4.43. The van der Waals surface area contributed by atoms with E-state index in [0.29, 0.717) is 5.56 Å². The molecule has 0 unspecified atom stereocenters. The van der Waals surface area contributed by atoms with Crippen molar-refractivity contribution in [3.63, 3.8) is 0 Å². The van der Waals surface area contributed by atoms with E-state index >= 15 is 0 Å². The Morgan fingerprint density at radius 3 is 2.38 bits per heavy atom. The third-order valence-electron chi connectivity index (χ3n) is 2.42. The van der Waals surface area contributed by atoms with Gasteiger partial charge in [0.2, 0.25) is 0 Å². The van der Waals surface area contributed by atoms with Crippen molar-refractivity contribution in [3.8, 4) is 0 Å². The summed E-state index contributed by atoms with van der Waals surface area (Å²) < 4.78 is 13.5. The van der Waals surface area contributed by atoms with E-state index in [1.165, 1.54) is 0 Å². The van der Waals surface area contributed by atoms with Gasteiger partial charge in [0.1, 0.15) is 5.82 Å². The molecule has 0 aliphatic rings. The molecule has 0 spiro atoms. The minimum Gasteiger partial charge on any atom is -0.311 e. The fourth-order valence-electron chi connectivity index (χ4n) is 1.26. The summed E-state index contributed by atoms with van der Waals surface area (Å²) in [5.74, 6) is -0.139. The van der Waals surface area contributed by atoms with Gasteiger partial charge in [0, 0.05) is 11.1 Å². The highest BCUT2D eigenvalue weighted by molar-refractivity contribution is 5.28. The van der Waals surface area contributed by atoms with Gasteiger partial charge in [-0.15, -0.1) is 0 Å². The van der Waals surface area contributed by atoms with Crippen molar-refractivity contribution in [2.45, 2.75) is 26.3 Å². The van der Waals surface area contributed by atoms with Crippen LogP contribution in [-0.2, 0) is 5.54 Å². The molecule has 1 N–H and O–H groups in total. The van der Waals surface area contributed by atoms with Gasteiger partial charge in [-0.3, -0.25) is 0 Å². The summed E-state index contributed by atoms with van der Waals surface area (Å²) in [5, 5.41) is 3.08. The van der Waals surface area contributed by atoms with Crippen LogP contribution in [0.5, 0.6) is 0 Å². The number of halogens is 1. The van der Waals surface area contributed by atoms with Gasteiger partial charge in [0.15, 0.2) is 0 Å². The van der Waals surface area contributed by atoms with Crippen LogP contribution >= 0.6 is 0 Å². The van der Waals surface area contributed by atoms with Gasteiger partial charge in [-0.25, -0.2) is 4.39 Å². The molecule has 0 atom stereocenters. The lowest BCUT2D eigenvalue weighted by atomic mass is 9.93. The van der Waals surface area contributed by atoms with E-state index in [4.69, 9.17) is 0 Å². The first kappa shape index (κ1) is 10.2. The summed E-state index contributed by atoms with van der Waals surface area (Å²) in [5.41, 5.74) is 1.35. The molecule has 1 rings (SSSR count). The van der Waals surface area contributed by atoms with Crippen molar-refractivity contribution in [1.82, 2.24) is 5.32 Å². The van der Waals surface area contributed by atoms with E-state index < -0.39 is 0 Å². The van der Waals surface area contributed by atoms with E-state index in [2.05, 4.69) is 5.32 Å². The van der Waals surface area contributed by atoms with Crippen LogP contribution in [0.3, 0.4) is 0 Å².